The first-order valence-corrected chi connectivity index (χ1v) is 8.35. The van der Waals surface area contributed by atoms with E-state index >= 15 is 0 Å². The summed E-state index contributed by atoms with van der Waals surface area (Å²) < 4.78 is 0. The van der Waals surface area contributed by atoms with E-state index < -0.39 is 37.5 Å². The van der Waals surface area contributed by atoms with Crippen molar-refractivity contribution in [3.8, 4) is 5.69 Å². The molecule has 15 nitrogen and oxygen atoms in total. The molecule has 1 aromatic carbocycles. The molecule has 0 amide bonds. The summed E-state index contributed by atoms with van der Waals surface area (Å²) in [4.78, 5) is 37.2. The van der Waals surface area contributed by atoms with Crippen LogP contribution < -0.4 is 19.5 Å². The van der Waals surface area contributed by atoms with Gasteiger partial charge in [-0.2, -0.15) is 0 Å². The Labute approximate surface area is 170 Å². The fraction of sp³-hybridized carbons (Fsp3) is 0.400. The maximum absolute atomic E-state index is 11.6. The summed E-state index contributed by atoms with van der Waals surface area (Å²) in [6, 6.07) is 1.28. The van der Waals surface area contributed by atoms with Gasteiger partial charge in [-0.25, -0.2) is 0 Å². The van der Waals surface area contributed by atoms with Gasteiger partial charge in [0, 0.05) is 42.3 Å². The number of benzene rings is 1. The van der Waals surface area contributed by atoms with Crippen LogP contribution >= 0.6 is 0 Å². The number of aromatic nitrogens is 3. The lowest BCUT2D eigenvalue weighted by atomic mass is 10.2. The Hall–Kier alpha value is -4.17. The van der Waals surface area contributed by atoms with E-state index in [1.165, 1.54) is 0 Å². The molecule has 1 heterocycles. The summed E-state index contributed by atoms with van der Waals surface area (Å²) in [6.07, 6.45) is 0. The van der Waals surface area contributed by atoms with Crippen LogP contribution in [0, 0.1) is 30.3 Å². The summed E-state index contributed by atoms with van der Waals surface area (Å²) in [5.41, 5.74) is -2.55. The minimum atomic E-state index is -0.948. The summed E-state index contributed by atoms with van der Waals surface area (Å²) in [5.74, 6) is 0.640. The second-order valence-electron chi connectivity index (χ2n) is 6.77. The van der Waals surface area contributed by atoms with Crippen LogP contribution in [0.4, 0.5) is 34.4 Å². The summed E-state index contributed by atoms with van der Waals surface area (Å²) in [7, 11) is 10.2. The average molecular weight is 422 g/mol. The Bertz CT molecular complexity index is 973. The van der Waals surface area contributed by atoms with Gasteiger partial charge in [-0.1, -0.05) is 0 Å². The minimum Gasteiger partial charge on any atom is -0.371 e. The largest absolute Gasteiger partial charge is 0.422 e. The quantitative estimate of drug-likeness (QED) is 0.349. The fourth-order valence-corrected chi connectivity index (χ4v) is 2.68. The zero-order valence-electron chi connectivity index (χ0n) is 17.1. The monoisotopic (exact) mass is 422 g/mol. The number of anilines is 3. The molecule has 15 heteroatoms. The molecule has 30 heavy (non-hydrogen) atoms. The van der Waals surface area contributed by atoms with Crippen molar-refractivity contribution in [3.63, 3.8) is 0 Å². The standard InChI is InChI=1S/C15H20N9O6/c1-18(2)13-14(19(3)4)16-21(17-15(13)20(5)6)12-10(23(27)28)7-9(22(25)26)8-11(12)24(29)30/h7-8H,1-6H3/q+1. The maximum atomic E-state index is 11.6. The molecule has 0 unspecified atom stereocenters. The molecule has 0 saturated heterocycles. The molecule has 1 aromatic heterocycles. The zero-order valence-corrected chi connectivity index (χ0v) is 17.1. The van der Waals surface area contributed by atoms with Crippen molar-refractivity contribution < 1.29 is 19.6 Å². The number of rotatable bonds is 7. The second-order valence-corrected chi connectivity index (χ2v) is 6.77. The average Bonchev–Trinajstić information content (AvgIpc) is 2.65. The number of nitro groups is 3. The van der Waals surface area contributed by atoms with E-state index in [-0.39, 0.29) is 0 Å². The van der Waals surface area contributed by atoms with Crippen LogP contribution in [0.15, 0.2) is 12.1 Å². The van der Waals surface area contributed by atoms with Gasteiger partial charge in [0.15, 0.2) is 0 Å². The topological polar surface area (TPSA) is 169 Å². The molecule has 0 fully saturated rings. The lowest BCUT2D eigenvalue weighted by molar-refractivity contribution is -0.721. The lowest BCUT2D eigenvalue weighted by Gasteiger charge is -2.23. The van der Waals surface area contributed by atoms with Gasteiger partial charge in [0.1, 0.15) is 17.8 Å². The highest BCUT2D eigenvalue weighted by Crippen LogP contribution is 2.36. The lowest BCUT2D eigenvalue weighted by Crippen LogP contribution is -2.44. The number of hydrogen-bond donors (Lipinski definition) is 0. The molecule has 0 aliphatic carbocycles. The number of hydrogen-bond acceptors (Lipinski definition) is 11. The molecular formula is C15H20N9O6+. The van der Waals surface area contributed by atoms with E-state index in [4.69, 9.17) is 0 Å². The Balaban J connectivity index is 3.04. The third kappa shape index (κ3) is 3.98. The van der Waals surface area contributed by atoms with Crippen LogP contribution in [0.3, 0.4) is 0 Å². The van der Waals surface area contributed by atoms with Gasteiger partial charge in [0.25, 0.3) is 5.69 Å². The van der Waals surface area contributed by atoms with Gasteiger partial charge >= 0.3 is 17.1 Å². The summed E-state index contributed by atoms with van der Waals surface area (Å²) in [5, 5.41) is 42.9. The molecule has 0 N–H and O–H groups in total. The molecule has 0 bridgehead atoms. The Kier molecular flexibility index (Phi) is 5.94. The van der Waals surface area contributed by atoms with Crippen molar-refractivity contribution in [3.05, 3.63) is 42.5 Å². The molecule has 160 valence electrons. The van der Waals surface area contributed by atoms with E-state index in [2.05, 4.69) is 10.2 Å². The molecule has 0 aliphatic heterocycles. The third-order valence-electron chi connectivity index (χ3n) is 3.96. The first-order valence-electron chi connectivity index (χ1n) is 8.35. The molecule has 0 spiro atoms. The van der Waals surface area contributed by atoms with Crippen LogP contribution in [-0.2, 0) is 0 Å². The summed E-state index contributed by atoms with van der Waals surface area (Å²) in [6.45, 7) is 0. The van der Waals surface area contributed by atoms with Gasteiger partial charge in [0.2, 0.25) is 11.6 Å². The van der Waals surface area contributed by atoms with Crippen molar-refractivity contribution in [1.29, 1.82) is 0 Å². The van der Waals surface area contributed by atoms with Crippen LogP contribution in [0.5, 0.6) is 0 Å². The number of nitro benzene ring substituents is 3. The smallest absolute Gasteiger partial charge is 0.371 e. The van der Waals surface area contributed by atoms with E-state index in [9.17, 15) is 30.3 Å². The van der Waals surface area contributed by atoms with Crippen molar-refractivity contribution in [2.75, 3.05) is 57.0 Å². The van der Waals surface area contributed by atoms with Gasteiger partial charge < -0.3 is 14.7 Å². The van der Waals surface area contributed by atoms with Gasteiger partial charge in [0.05, 0.1) is 29.8 Å². The number of nitrogens with zero attached hydrogens (tertiary/aromatic N) is 9. The van der Waals surface area contributed by atoms with Crippen LogP contribution in [0.25, 0.3) is 5.69 Å². The highest BCUT2D eigenvalue weighted by atomic mass is 16.6. The normalized spacial score (nSPS) is 10.5. The first-order chi connectivity index (χ1) is 13.9. The fourth-order valence-electron chi connectivity index (χ4n) is 2.68. The van der Waals surface area contributed by atoms with Crippen molar-refractivity contribution in [2.45, 2.75) is 0 Å². The van der Waals surface area contributed by atoms with Crippen LogP contribution in [0.2, 0.25) is 0 Å². The Morgan fingerprint density at radius 3 is 1.40 bits per heavy atom. The predicted molar refractivity (Wildman–Crippen MR) is 107 cm³/mol. The Morgan fingerprint density at radius 2 is 1.13 bits per heavy atom. The maximum Gasteiger partial charge on any atom is 0.422 e. The third-order valence-corrected chi connectivity index (χ3v) is 3.96. The van der Waals surface area contributed by atoms with Crippen molar-refractivity contribution >= 4 is 34.4 Å². The first kappa shape index (κ1) is 22.1. The van der Waals surface area contributed by atoms with E-state index in [0.717, 1.165) is 4.80 Å². The van der Waals surface area contributed by atoms with E-state index in [1.54, 1.807) is 57.0 Å². The molecule has 0 saturated carbocycles. The molecule has 2 rings (SSSR count). The number of non-ortho nitro benzene ring substituents is 1. The summed E-state index contributed by atoms with van der Waals surface area (Å²) >= 11 is 0. The van der Waals surface area contributed by atoms with E-state index in [1.807, 2.05) is 0 Å². The van der Waals surface area contributed by atoms with Crippen molar-refractivity contribution in [1.82, 2.24) is 10.2 Å². The van der Waals surface area contributed by atoms with E-state index in [0.29, 0.717) is 29.5 Å². The minimum absolute atomic E-state index is 0.320. The van der Waals surface area contributed by atoms with Gasteiger partial charge in [-0.15, -0.1) is 0 Å². The predicted octanol–water partition coefficient (Wildman–Crippen LogP) is 0.676. The molecule has 2 aromatic rings. The molecule has 0 radical (unpaired) electrons. The highest BCUT2D eigenvalue weighted by Gasteiger charge is 2.42. The molecule has 0 aliphatic rings. The zero-order chi connectivity index (χ0) is 22.9. The van der Waals surface area contributed by atoms with Crippen LogP contribution in [0.1, 0.15) is 0 Å². The SMILES string of the molecule is CN(C)c1n[n+](-c2c([N+](=O)[O-])cc([N+](=O)[O-])cc2[N+](=O)[O-])nc(N(C)C)c1N(C)C. The van der Waals surface area contributed by atoms with Crippen LogP contribution in [-0.4, -0.2) is 67.3 Å². The highest BCUT2D eigenvalue weighted by molar-refractivity contribution is 5.77. The van der Waals surface area contributed by atoms with Gasteiger partial charge in [-0.3, -0.25) is 30.3 Å². The Morgan fingerprint density at radius 1 is 0.733 bits per heavy atom. The second kappa shape index (κ2) is 8.06. The molecular weight excluding hydrogens is 402 g/mol. The molecule has 0 atom stereocenters. The van der Waals surface area contributed by atoms with Crippen molar-refractivity contribution in [2.24, 2.45) is 0 Å². The van der Waals surface area contributed by atoms with Gasteiger partial charge in [-0.05, 0) is 0 Å².